The van der Waals surface area contributed by atoms with Gasteiger partial charge in [0.15, 0.2) is 5.44 Å². The molecule has 210 valence electrons. The summed E-state index contributed by atoms with van der Waals surface area (Å²) in [6.45, 7) is 5.25. The number of nitrogens with zero attached hydrogens (tertiary/aromatic N) is 2. The lowest BCUT2D eigenvalue weighted by Crippen LogP contribution is -2.48. The van der Waals surface area contributed by atoms with Crippen LogP contribution in [0, 0.1) is 0 Å². The van der Waals surface area contributed by atoms with E-state index in [1.165, 1.54) is 18.3 Å². The average Bonchev–Trinajstić information content (AvgIpc) is 3.40. The highest BCUT2D eigenvalue weighted by Crippen LogP contribution is 2.30. The molecule has 0 spiro atoms. The largest absolute Gasteiger partial charge is 0.444 e. The van der Waals surface area contributed by atoms with Crippen molar-refractivity contribution < 1.29 is 27.8 Å². The van der Waals surface area contributed by atoms with Gasteiger partial charge in [0.2, 0.25) is 9.84 Å². The van der Waals surface area contributed by atoms with Crippen molar-refractivity contribution in [3.05, 3.63) is 66.5 Å². The number of fused-ring (bicyclic) bond motifs is 1. The summed E-state index contributed by atoms with van der Waals surface area (Å²) in [5.41, 5.74) is -0.144. The van der Waals surface area contributed by atoms with E-state index in [9.17, 15) is 18.3 Å². The first-order chi connectivity index (χ1) is 18.5. The number of nitrogens with one attached hydrogen (secondary N) is 1. The van der Waals surface area contributed by atoms with Crippen LogP contribution >= 0.6 is 0 Å². The van der Waals surface area contributed by atoms with E-state index in [0.29, 0.717) is 11.0 Å². The Morgan fingerprint density at radius 1 is 1.05 bits per heavy atom. The lowest BCUT2D eigenvalue weighted by atomic mass is 9.99. The molecule has 1 saturated carbocycles. The molecule has 1 amide bonds. The second-order valence-electron chi connectivity index (χ2n) is 11.0. The van der Waals surface area contributed by atoms with Crippen LogP contribution in [0.15, 0.2) is 65.8 Å². The van der Waals surface area contributed by atoms with Crippen LogP contribution in [0.3, 0.4) is 0 Å². The molecule has 0 aliphatic heterocycles. The molecule has 1 aliphatic rings. The molecule has 4 rings (SSSR count). The molecular weight excluding hydrogens is 518 g/mol. The van der Waals surface area contributed by atoms with E-state index in [1.807, 2.05) is 30.3 Å². The molecule has 10 heteroatoms. The number of hydrogen-bond acceptors (Lipinski definition) is 8. The van der Waals surface area contributed by atoms with Crippen LogP contribution in [0.4, 0.5) is 4.79 Å². The first-order valence-corrected chi connectivity index (χ1v) is 14.9. The van der Waals surface area contributed by atoms with E-state index in [-0.39, 0.29) is 23.8 Å². The van der Waals surface area contributed by atoms with Gasteiger partial charge in [0, 0.05) is 18.8 Å². The fraction of sp³-hybridized carbons (Fsp3) is 0.483. The number of hydrogen-bond donors (Lipinski definition) is 2. The zero-order chi connectivity index (χ0) is 28.0. The van der Waals surface area contributed by atoms with E-state index in [1.54, 1.807) is 33.0 Å². The first kappa shape index (κ1) is 28.9. The van der Waals surface area contributed by atoms with Crippen molar-refractivity contribution in [2.24, 2.45) is 0 Å². The van der Waals surface area contributed by atoms with Crippen molar-refractivity contribution >= 4 is 27.0 Å². The van der Waals surface area contributed by atoms with Gasteiger partial charge in [-0.15, -0.1) is 0 Å². The SMILES string of the molecule is CC(C)(C)OC(=O)N[C@@H](Cc1ccccc1)[C@@H](O)CC(OC1CCCC1)S(=O)(=O)c1ccc2nccnc2c1. The van der Waals surface area contributed by atoms with Gasteiger partial charge >= 0.3 is 6.09 Å². The Labute approximate surface area is 229 Å². The summed E-state index contributed by atoms with van der Waals surface area (Å²) >= 11 is 0. The van der Waals surface area contributed by atoms with E-state index in [0.717, 1.165) is 31.2 Å². The molecule has 0 radical (unpaired) electrons. The Hall–Kier alpha value is -3.08. The van der Waals surface area contributed by atoms with Gasteiger partial charge in [-0.3, -0.25) is 9.97 Å². The number of alkyl carbamates (subject to hydrolysis) is 1. The minimum absolute atomic E-state index is 0.0467. The molecule has 1 unspecified atom stereocenters. The van der Waals surface area contributed by atoms with E-state index >= 15 is 0 Å². The quantitative estimate of drug-likeness (QED) is 0.372. The smallest absolute Gasteiger partial charge is 0.407 e. The molecule has 1 aliphatic carbocycles. The first-order valence-electron chi connectivity index (χ1n) is 13.3. The van der Waals surface area contributed by atoms with Crippen molar-refractivity contribution in [3.8, 4) is 0 Å². The molecule has 39 heavy (non-hydrogen) atoms. The number of rotatable bonds is 10. The minimum Gasteiger partial charge on any atom is -0.444 e. The van der Waals surface area contributed by atoms with Gasteiger partial charge in [-0.2, -0.15) is 0 Å². The topological polar surface area (TPSA) is 128 Å². The third-order valence-electron chi connectivity index (χ3n) is 6.66. The third kappa shape index (κ3) is 7.97. The highest BCUT2D eigenvalue weighted by molar-refractivity contribution is 7.92. The fourth-order valence-electron chi connectivity index (χ4n) is 4.74. The highest BCUT2D eigenvalue weighted by atomic mass is 32.2. The second-order valence-corrected chi connectivity index (χ2v) is 13.1. The lowest BCUT2D eigenvalue weighted by molar-refractivity contribution is -0.00256. The predicted molar refractivity (Wildman–Crippen MR) is 148 cm³/mol. The molecule has 1 fully saturated rings. The van der Waals surface area contributed by atoms with Crippen LogP contribution in [0.2, 0.25) is 0 Å². The van der Waals surface area contributed by atoms with Gasteiger partial charge in [0.25, 0.3) is 0 Å². The summed E-state index contributed by atoms with van der Waals surface area (Å²) < 4.78 is 39.4. The molecule has 3 atom stereocenters. The molecular formula is C29H37N3O6S. The van der Waals surface area contributed by atoms with Gasteiger partial charge in [0.1, 0.15) is 5.60 Å². The Kier molecular flexibility index (Phi) is 9.19. The molecule has 1 heterocycles. The Balaban J connectivity index is 1.61. The number of carbonyl (C=O) groups excluding carboxylic acids is 1. The van der Waals surface area contributed by atoms with Gasteiger partial charge in [-0.25, -0.2) is 13.2 Å². The standard InChI is InChI=1S/C29H37N3O6S/c1-29(2,3)38-28(34)32-25(17-20-9-5-4-6-10-20)26(33)19-27(37-21-11-7-8-12-21)39(35,36)22-13-14-23-24(18-22)31-16-15-30-23/h4-6,9-10,13-16,18,21,25-27,33H,7-8,11-12,17,19H2,1-3H3,(H,32,34)/t25-,26-,27?/m0/s1. The maximum absolute atomic E-state index is 13.9. The van der Waals surface area contributed by atoms with Crippen LogP contribution in [0.1, 0.15) is 58.4 Å². The Morgan fingerprint density at radius 2 is 1.72 bits per heavy atom. The van der Waals surface area contributed by atoms with Crippen molar-refractivity contribution in [3.63, 3.8) is 0 Å². The highest BCUT2D eigenvalue weighted by Gasteiger charge is 2.37. The number of carbonyl (C=O) groups is 1. The molecule has 1 aromatic heterocycles. The van der Waals surface area contributed by atoms with Crippen molar-refractivity contribution in [1.82, 2.24) is 15.3 Å². The number of sulfone groups is 1. The number of aromatic nitrogens is 2. The van der Waals surface area contributed by atoms with Crippen molar-refractivity contribution in [2.45, 2.75) is 93.5 Å². The Morgan fingerprint density at radius 3 is 2.38 bits per heavy atom. The number of benzene rings is 2. The summed E-state index contributed by atoms with van der Waals surface area (Å²) in [5.74, 6) is 0. The summed E-state index contributed by atoms with van der Waals surface area (Å²) in [4.78, 5) is 21.2. The number of aliphatic hydroxyl groups is 1. The molecule has 3 aromatic rings. The lowest BCUT2D eigenvalue weighted by Gasteiger charge is -2.30. The number of ether oxygens (including phenoxy) is 2. The zero-order valence-electron chi connectivity index (χ0n) is 22.6. The zero-order valence-corrected chi connectivity index (χ0v) is 23.4. The van der Waals surface area contributed by atoms with Crippen LogP contribution in [0.5, 0.6) is 0 Å². The molecule has 2 aromatic carbocycles. The van der Waals surface area contributed by atoms with E-state index < -0.39 is 39.1 Å². The number of aliphatic hydroxyl groups excluding tert-OH is 1. The van der Waals surface area contributed by atoms with Gasteiger partial charge in [0.05, 0.1) is 34.2 Å². The molecule has 0 bridgehead atoms. The maximum atomic E-state index is 13.9. The summed E-state index contributed by atoms with van der Waals surface area (Å²) in [7, 11) is -4.03. The van der Waals surface area contributed by atoms with E-state index in [4.69, 9.17) is 9.47 Å². The minimum atomic E-state index is -4.03. The maximum Gasteiger partial charge on any atom is 0.407 e. The van der Waals surface area contributed by atoms with E-state index in [2.05, 4.69) is 15.3 Å². The summed E-state index contributed by atoms with van der Waals surface area (Å²) in [6, 6.07) is 13.2. The van der Waals surface area contributed by atoms with Crippen LogP contribution in [-0.4, -0.2) is 58.9 Å². The van der Waals surface area contributed by atoms with Gasteiger partial charge in [-0.1, -0.05) is 43.2 Å². The summed E-state index contributed by atoms with van der Waals surface area (Å²) in [6.07, 6.45) is 4.39. The normalized spacial score (nSPS) is 17.0. The monoisotopic (exact) mass is 555 g/mol. The third-order valence-corrected chi connectivity index (χ3v) is 8.57. The van der Waals surface area contributed by atoms with Crippen LogP contribution in [0.25, 0.3) is 11.0 Å². The summed E-state index contributed by atoms with van der Waals surface area (Å²) in [5, 5.41) is 14.2. The van der Waals surface area contributed by atoms with Crippen molar-refractivity contribution in [1.29, 1.82) is 0 Å². The van der Waals surface area contributed by atoms with Crippen LogP contribution in [-0.2, 0) is 25.7 Å². The molecule has 0 saturated heterocycles. The fourth-order valence-corrected chi connectivity index (χ4v) is 6.33. The molecule has 2 N–H and O–H groups in total. The Bertz CT molecular complexity index is 1350. The molecule has 9 nitrogen and oxygen atoms in total. The predicted octanol–water partition coefficient (Wildman–Crippen LogP) is 4.58. The van der Waals surface area contributed by atoms with Gasteiger partial charge < -0.3 is 19.9 Å². The van der Waals surface area contributed by atoms with Crippen molar-refractivity contribution in [2.75, 3.05) is 0 Å². The average molecular weight is 556 g/mol. The van der Waals surface area contributed by atoms with Crippen LogP contribution < -0.4 is 5.32 Å². The number of amides is 1. The second kappa shape index (κ2) is 12.4. The van der Waals surface area contributed by atoms with Gasteiger partial charge in [-0.05, 0) is 63.8 Å².